The number of thioether (sulfide) groups is 1. The molecule has 0 fully saturated rings. The standard InChI is InChI=1S/C14H10Cl2O2S/c15-11-2-1-3-12(16)13(11)19-8-9-4-6-10(7-5-9)14(17)18/h1-7H,8H2,(H,17,18). The van der Waals surface area contributed by atoms with Crippen LogP contribution in [0.25, 0.3) is 0 Å². The summed E-state index contributed by atoms with van der Waals surface area (Å²) in [5, 5.41) is 10.1. The lowest BCUT2D eigenvalue weighted by Gasteiger charge is -2.06. The number of aromatic carboxylic acids is 1. The van der Waals surface area contributed by atoms with Gasteiger partial charge in [0.1, 0.15) is 0 Å². The molecule has 0 heterocycles. The zero-order chi connectivity index (χ0) is 13.8. The van der Waals surface area contributed by atoms with E-state index in [0.29, 0.717) is 15.8 Å². The van der Waals surface area contributed by atoms with Gasteiger partial charge in [0, 0.05) is 10.6 Å². The Morgan fingerprint density at radius 3 is 2.16 bits per heavy atom. The number of carbonyl (C=O) groups is 1. The van der Waals surface area contributed by atoms with Gasteiger partial charge in [-0.2, -0.15) is 0 Å². The summed E-state index contributed by atoms with van der Waals surface area (Å²) in [6.45, 7) is 0. The molecule has 0 aliphatic rings. The summed E-state index contributed by atoms with van der Waals surface area (Å²) in [7, 11) is 0. The van der Waals surface area contributed by atoms with E-state index in [1.165, 1.54) is 11.8 Å². The number of hydrogen-bond acceptors (Lipinski definition) is 2. The van der Waals surface area contributed by atoms with Gasteiger partial charge in [-0.05, 0) is 29.8 Å². The number of carboxylic acids is 1. The maximum absolute atomic E-state index is 10.7. The van der Waals surface area contributed by atoms with Gasteiger partial charge in [0.2, 0.25) is 0 Å². The van der Waals surface area contributed by atoms with Gasteiger partial charge < -0.3 is 5.11 Å². The molecule has 2 rings (SSSR count). The fourth-order valence-corrected chi connectivity index (χ4v) is 3.16. The highest BCUT2D eigenvalue weighted by Gasteiger charge is 2.07. The third-order valence-corrected chi connectivity index (χ3v) is 4.56. The first kappa shape index (κ1) is 14.3. The van der Waals surface area contributed by atoms with Crippen LogP contribution in [-0.4, -0.2) is 11.1 Å². The van der Waals surface area contributed by atoms with Crippen LogP contribution in [0.5, 0.6) is 0 Å². The minimum atomic E-state index is -0.923. The zero-order valence-electron chi connectivity index (χ0n) is 9.77. The van der Waals surface area contributed by atoms with Gasteiger partial charge in [0.15, 0.2) is 0 Å². The molecule has 0 saturated carbocycles. The van der Waals surface area contributed by atoms with Crippen LogP contribution < -0.4 is 0 Å². The fraction of sp³-hybridized carbons (Fsp3) is 0.0714. The highest BCUT2D eigenvalue weighted by atomic mass is 35.5. The summed E-state index contributed by atoms with van der Waals surface area (Å²) in [5.74, 6) is -0.239. The Labute approximate surface area is 125 Å². The van der Waals surface area contributed by atoms with Crippen molar-refractivity contribution in [3.05, 3.63) is 63.6 Å². The molecule has 0 spiro atoms. The molecule has 0 amide bonds. The van der Waals surface area contributed by atoms with E-state index in [0.717, 1.165) is 10.5 Å². The first-order valence-electron chi connectivity index (χ1n) is 5.47. The smallest absolute Gasteiger partial charge is 0.335 e. The SMILES string of the molecule is O=C(O)c1ccc(CSc2c(Cl)cccc2Cl)cc1. The summed E-state index contributed by atoms with van der Waals surface area (Å²) in [6, 6.07) is 12.2. The number of rotatable bonds is 4. The molecule has 19 heavy (non-hydrogen) atoms. The van der Waals surface area contributed by atoms with Gasteiger partial charge in [-0.15, -0.1) is 11.8 Å². The molecule has 0 unspecified atom stereocenters. The Morgan fingerprint density at radius 1 is 1.05 bits per heavy atom. The summed E-state index contributed by atoms with van der Waals surface area (Å²) in [5.41, 5.74) is 1.30. The van der Waals surface area contributed by atoms with Crippen molar-refractivity contribution in [2.75, 3.05) is 0 Å². The van der Waals surface area contributed by atoms with E-state index in [2.05, 4.69) is 0 Å². The summed E-state index contributed by atoms with van der Waals surface area (Å²) >= 11 is 13.7. The first-order chi connectivity index (χ1) is 9.08. The highest BCUT2D eigenvalue weighted by molar-refractivity contribution is 7.98. The van der Waals surface area contributed by atoms with Crippen molar-refractivity contribution in [1.82, 2.24) is 0 Å². The predicted octanol–water partition coefficient (Wildman–Crippen LogP) is 4.98. The van der Waals surface area contributed by atoms with Gasteiger partial charge >= 0.3 is 5.97 Å². The second-order valence-electron chi connectivity index (χ2n) is 3.84. The summed E-state index contributed by atoms with van der Waals surface area (Å²) < 4.78 is 0. The van der Waals surface area contributed by atoms with Crippen LogP contribution in [0.1, 0.15) is 15.9 Å². The summed E-state index contributed by atoms with van der Waals surface area (Å²) in [6.07, 6.45) is 0. The van der Waals surface area contributed by atoms with Gasteiger partial charge in [0.05, 0.1) is 15.6 Å². The molecule has 0 aliphatic carbocycles. The number of benzene rings is 2. The second kappa shape index (κ2) is 6.33. The maximum atomic E-state index is 10.7. The van der Waals surface area contributed by atoms with Crippen molar-refractivity contribution < 1.29 is 9.90 Å². The van der Waals surface area contributed by atoms with Gasteiger partial charge in [0.25, 0.3) is 0 Å². The van der Waals surface area contributed by atoms with E-state index >= 15 is 0 Å². The molecule has 0 atom stereocenters. The van der Waals surface area contributed by atoms with Gasteiger partial charge in [-0.1, -0.05) is 41.4 Å². The predicted molar refractivity (Wildman–Crippen MR) is 79.4 cm³/mol. The Bertz CT molecular complexity index is 577. The van der Waals surface area contributed by atoms with E-state index in [-0.39, 0.29) is 5.56 Å². The Balaban J connectivity index is 2.08. The second-order valence-corrected chi connectivity index (χ2v) is 5.64. The Hall–Kier alpha value is -1.16. The van der Waals surface area contributed by atoms with Crippen LogP contribution in [0.4, 0.5) is 0 Å². The molecular formula is C14H10Cl2O2S. The van der Waals surface area contributed by atoms with E-state index in [1.807, 2.05) is 0 Å². The van der Waals surface area contributed by atoms with Crippen molar-refractivity contribution in [2.45, 2.75) is 10.6 Å². The number of halogens is 2. The first-order valence-corrected chi connectivity index (χ1v) is 7.21. The molecule has 0 aliphatic heterocycles. The van der Waals surface area contributed by atoms with Crippen LogP contribution in [0, 0.1) is 0 Å². The highest BCUT2D eigenvalue weighted by Crippen LogP contribution is 2.35. The lowest BCUT2D eigenvalue weighted by Crippen LogP contribution is -1.95. The van der Waals surface area contributed by atoms with E-state index in [1.54, 1.807) is 42.5 Å². The Kier molecular flexibility index (Phi) is 4.75. The quantitative estimate of drug-likeness (QED) is 0.809. The van der Waals surface area contributed by atoms with Crippen LogP contribution in [0.15, 0.2) is 47.4 Å². The van der Waals surface area contributed by atoms with Crippen molar-refractivity contribution >= 4 is 40.9 Å². The average Bonchev–Trinajstić information content (AvgIpc) is 2.38. The Morgan fingerprint density at radius 2 is 1.63 bits per heavy atom. The molecule has 2 aromatic rings. The molecule has 2 aromatic carbocycles. The minimum absolute atomic E-state index is 0.282. The normalized spacial score (nSPS) is 10.4. The van der Waals surface area contributed by atoms with Crippen molar-refractivity contribution in [2.24, 2.45) is 0 Å². The lowest BCUT2D eigenvalue weighted by molar-refractivity contribution is 0.0697. The molecule has 1 N–H and O–H groups in total. The van der Waals surface area contributed by atoms with Crippen molar-refractivity contribution in [3.8, 4) is 0 Å². The van der Waals surface area contributed by atoms with E-state index in [4.69, 9.17) is 28.3 Å². The lowest BCUT2D eigenvalue weighted by atomic mass is 10.1. The van der Waals surface area contributed by atoms with Gasteiger partial charge in [-0.25, -0.2) is 4.79 Å². The molecule has 0 aromatic heterocycles. The van der Waals surface area contributed by atoms with Gasteiger partial charge in [-0.3, -0.25) is 0 Å². The largest absolute Gasteiger partial charge is 0.478 e. The topological polar surface area (TPSA) is 37.3 Å². The maximum Gasteiger partial charge on any atom is 0.335 e. The zero-order valence-corrected chi connectivity index (χ0v) is 12.1. The van der Waals surface area contributed by atoms with Crippen molar-refractivity contribution in [3.63, 3.8) is 0 Å². The third-order valence-electron chi connectivity index (χ3n) is 2.50. The molecular weight excluding hydrogens is 303 g/mol. The summed E-state index contributed by atoms with van der Waals surface area (Å²) in [4.78, 5) is 11.6. The number of carboxylic acid groups (broad SMARTS) is 1. The van der Waals surface area contributed by atoms with Crippen LogP contribution in [0.2, 0.25) is 10.0 Å². The molecule has 5 heteroatoms. The monoisotopic (exact) mass is 312 g/mol. The third kappa shape index (κ3) is 3.66. The number of hydrogen-bond donors (Lipinski definition) is 1. The van der Waals surface area contributed by atoms with E-state index in [9.17, 15) is 4.79 Å². The van der Waals surface area contributed by atoms with Crippen molar-refractivity contribution in [1.29, 1.82) is 0 Å². The molecule has 0 radical (unpaired) electrons. The minimum Gasteiger partial charge on any atom is -0.478 e. The van der Waals surface area contributed by atoms with E-state index < -0.39 is 5.97 Å². The molecule has 2 nitrogen and oxygen atoms in total. The molecule has 0 bridgehead atoms. The average molecular weight is 313 g/mol. The van der Waals surface area contributed by atoms with Crippen LogP contribution in [0.3, 0.4) is 0 Å². The molecule has 0 saturated heterocycles. The molecule has 98 valence electrons. The van der Waals surface area contributed by atoms with Crippen LogP contribution >= 0.6 is 35.0 Å². The van der Waals surface area contributed by atoms with Crippen LogP contribution in [-0.2, 0) is 5.75 Å². The fourth-order valence-electron chi connectivity index (χ4n) is 1.52.